The first-order valence-corrected chi connectivity index (χ1v) is 7.07. The van der Waals surface area contributed by atoms with Crippen molar-refractivity contribution in [3.8, 4) is 5.88 Å². The Morgan fingerprint density at radius 2 is 2.19 bits per heavy atom. The van der Waals surface area contributed by atoms with Gasteiger partial charge in [0.15, 0.2) is 5.82 Å². The van der Waals surface area contributed by atoms with Crippen LogP contribution in [0.5, 0.6) is 5.88 Å². The van der Waals surface area contributed by atoms with E-state index in [2.05, 4.69) is 25.3 Å². The first-order valence-electron chi connectivity index (χ1n) is 7.07. The molecule has 0 atom stereocenters. The van der Waals surface area contributed by atoms with Gasteiger partial charge in [-0.3, -0.25) is 4.90 Å². The zero-order valence-corrected chi connectivity index (χ0v) is 12.1. The summed E-state index contributed by atoms with van der Waals surface area (Å²) in [6, 6.07) is 3.79. The monoisotopic (exact) mass is 289 g/mol. The summed E-state index contributed by atoms with van der Waals surface area (Å²) in [6.45, 7) is 4.77. The summed E-state index contributed by atoms with van der Waals surface area (Å²) >= 11 is 0. The van der Waals surface area contributed by atoms with Gasteiger partial charge in [0, 0.05) is 44.9 Å². The molecule has 0 bridgehead atoms. The van der Waals surface area contributed by atoms with Gasteiger partial charge in [-0.1, -0.05) is 11.2 Å². The normalized spacial score (nSPS) is 16.0. The van der Waals surface area contributed by atoms with Crippen LogP contribution in [0.15, 0.2) is 22.9 Å². The average Bonchev–Trinajstić information content (AvgIpc) is 2.96. The second-order valence-corrected chi connectivity index (χ2v) is 5.02. The molecule has 0 amide bonds. The van der Waals surface area contributed by atoms with Crippen molar-refractivity contribution in [3.05, 3.63) is 35.6 Å². The van der Waals surface area contributed by atoms with Crippen LogP contribution in [0, 0.1) is 0 Å². The van der Waals surface area contributed by atoms with Crippen LogP contribution >= 0.6 is 0 Å². The summed E-state index contributed by atoms with van der Waals surface area (Å²) in [5.41, 5.74) is 1.03. The van der Waals surface area contributed by atoms with Crippen molar-refractivity contribution < 1.29 is 9.26 Å². The van der Waals surface area contributed by atoms with E-state index in [1.165, 1.54) is 0 Å². The van der Waals surface area contributed by atoms with Gasteiger partial charge < -0.3 is 14.6 Å². The van der Waals surface area contributed by atoms with Gasteiger partial charge in [0.2, 0.25) is 11.8 Å². The van der Waals surface area contributed by atoms with Crippen molar-refractivity contribution in [2.45, 2.75) is 13.0 Å². The predicted octanol–water partition coefficient (Wildman–Crippen LogP) is 0.469. The lowest BCUT2D eigenvalue weighted by Crippen LogP contribution is -2.42. The third-order valence-electron chi connectivity index (χ3n) is 3.45. The minimum atomic E-state index is 0.603. The van der Waals surface area contributed by atoms with Gasteiger partial charge in [0.1, 0.15) is 0 Å². The van der Waals surface area contributed by atoms with E-state index in [1.807, 2.05) is 12.1 Å². The molecule has 3 heterocycles. The maximum atomic E-state index is 5.32. The summed E-state index contributed by atoms with van der Waals surface area (Å²) in [6.07, 6.45) is 2.38. The maximum Gasteiger partial charge on any atom is 0.240 e. The van der Waals surface area contributed by atoms with E-state index in [9.17, 15) is 0 Å². The molecular formula is C14H19N5O2. The molecule has 112 valence electrons. The molecule has 2 aromatic heterocycles. The maximum absolute atomic E-state index is 5.32. The third kappa shape index (κ3) is 3.77. The van der Waals surface area contributed by atoms with Gasteiger partial charge in [-0.2, -0.15) is 4.98 Å². The largest absolute Gasteiger partial charge is 0.481 e. The van der Waals surface area contributed by atoms with E-state index < -0.39 is 0 Å². The molecule has 1 saturated heterocycles. The van der Waals surface area contributed by atoms with E-state index in [0.29, 0.717) is 24.0 Å². The van der Waals surface area contributed by atoms with Crippen LogP contribution in [0.4, 0.5) is 0 Å². The summed E-state index contributed by atoms with van der Waals surface area (Å²) in [4.78, 5) is 10.9. The molecule has 3 rings (SSSR count). The summed E-state index contributed by atoms with van der Waals surface area (Å²) in [5, 5.41) is 7.35. The van der Waals surface area contributed by atoms with E-state index in [1.54, 1.807) is 13.3 Å². The van der Waals surface area contributed by atoms with Crippen LogP contribution in [-0.4, -0.2) is 53.3 Å². The molecule has 1 fully saturated rings. The fourth-order valence-electron chi connectivity index (χ4n) is 2.31. The van der Waals surface area contributed by atoms with Gasteiger partial charge in [-0.05, 0) is 5.56 Å². The molecule has 0 aromatic carbocycles. The molecule has 0 radical (unpaired) electrons. The highest BCUT2D eigenvalue weighted by Crippen LogP contribution is 2.11. The Labute approximate surface area is 123 Å². The average molecular weight is 289 g/mol. The summed E-state index contributed by atoms with van der Waals surface area (Å²) in [7, 11) is 1.60. The Kier molecular flexibility index (Phi) is 4.42. The molecule has 0 spiro atoms. The lowest BCUT2D eigenvalue weighted by molar-refractivity contribution is 0.203. The number of nitrogens with zero attached hydrogens (tertiary/aromatic N) is 4. The molecule has 0 saturated carbocycles. The fourth-order valence-corrected chi connectivity index (χ4v) is 2.31. The molecule has 2 aromatic rings. The van der Waals surface area contributed by atoms with E-state index in [0.717, 1.165) is 38.3 Å². The van der Waals surface area contributed by atoms with Crippen molar-refractivity contribution in [1.82, 2.24) is 25.3 Å². The number of ether oxygens (including phenoxy) is 1. The van der Waals surface area contributed by atoms with Gasteiger partial charge in [-0.15, -0.1) is 0 Å². The number of pyridine rings is 1. The zero-order valence-electron chi connectivity index (χ0n) is 12.1. The van der Waals surface area contributed by atoms with Gasteiger partial charge in [-0.25, -0.2) is 4.98 Å². The summed E-state index contributed by atoms with van der Waals surface area (Å²) in [5.74, 6) is 1.96. The molecule has 0 unspecified atom stereocenters. The summed E-state index contributed by atoms with van der Waals surface area (Å²) < 4.78 is 10.4. The highest BCUT2D eigenvalue weighted by Gasteiger charge is 2.14. The van der Waals surface area contributed by atoms with Crippen LogP contribution in [0.2, 0.25) is 0 Å². The van der Waals surface area contributed by atoms with Crippen LogP contribution in [0.25, 0.3) is 0 Å². The molecule has 21 heavy (non-hydrogen) atoms. The first kappa shape index (κ1) is 14.0. The second-order valence-electron chi connectivity index (χ2n) is 5.02. The number of aromatic nitrogens is 3. The van der Waals surface area contributed by atoms with Gasteiger partial charge >= 0.3 is 0 Å². The molecule has 1 aliphatic heterocycles. The minimum absolute atomic E-state index is 0.603. The van der Waals surface area contributed by atoms with Crippen molar-refractivity contribution >= 4 is 0 Å². The molecular weight excluding hydrogens is 270 g/mol. The number of hydrogen-bond acceptors (Lipinski definition) is 7. The van der Waals surface area contributed by atoms with Crippen LogP contribution in [0.3, 0.4) is 0 Å². The molecule has 7 nitrogen and oxygen atoms in total. The number of rotatable bonds is 5. The SMILES string of the molecule is COc1ccc(Cc2noc(CN3CCNCC3)n2)cn1. The van der Waals surface area contributed by atoms with Crippen LogP contribution in [-0.2, 0) is 13.0 Å². The van der Waals surface area contributed by atoms with Crippen molar-refractivity contribution in [3.63, 3.8) is 0 Å². The number of hydrogen-bond donors (Lipinski definition) is 1. The van der Waals surface area contributed by atoms with Crippen LogP contribution in [0.1, 0.15) is 17.3 Å². The first-order chi connectivity index (χ1) is 10.3. The minimum Gasteiger partial charge on any atom is -0.481 e. The van der Waals surface area contributed by atoms with Gasteiger partial charge in [0.25, 0.3) is 0 Å². The quantitative estimate of drug-likeness (QED) is 0.857. The lowest BCUT2D eigenvalue weighted by atomic mass is 10.2. The Bertz CT molecular complexity index is 563. The predicted molar refractivity (Wildman–Crippen MR) is 76.0 cm³/mol. The Morgan fingerprint density at radius 1 is 1.33 bits per heavy atom. The Morgan fingerprint density at radius 3 is 2.90 bits per heavy atom. The number of nitrogens with one attached hydrogen (secondary N) is 1. The van der Waals surface area contributed by atoms with Crippen molar-refractivity contribution in [2.24, 2.45) is 0 Å². The number of piperazine rings is 1. The lowest BCUT2D eigenvalue weighted by Gasteiger charge is -2.25. The van der Waals surface area contributed by atoms with Crippen molar-refractivity contribution in [1.29, 1.82) is 0 Å². The standard InChI is InChI=1S/C14H19N5O2/c1-20-13-3-2-11(9-16-13)8-12-17-14(21-18-12)10-19-6-4-15-5-7-19/h2-3,9,15H,4-8,10H2,1H3. The highest BCUT2D eigenvalue weighted by atomic mass is 16.5. The molecule has 1 N–H and O–H groups in total. The molecule has 1 aliphatic rings. The smallest absolute Gasteiger partial charge is 0.240 e. The second kappa shape index (κ2) is 6.64. The zero-order chi connectivity index (χ0) is 14.5. The third-order valence-corrected chi connectivity index (χ3v) is 3.45. The highest BCUT2D eigenvalue weighted by molar-refractivity contribution is 5.20. The number of methoxy groups -OCH3 is 1. The van der Waals surface area contributed by atoms with E-state index in [-0.39, 0.29) is 0 Å². The Hall–Kier alpha value is -1.99. The Balaban J connectivity index is 1.58. The molecule has 7 heteroatoms. The van der Waals surface area contributed by atoms with Gasteiger partial charge in [0.05, 0.1) is 13.7 Å². The van der Waals surface area contributed by atoms with Crippen molar-refractivity contribution in [2.75, 3.05) is 33.3 Å². The topological polar surface area (TPSA) is 76.3 Å². The van der Waals surface area contributed by atoms with E-state index >= 15 is 0 Å². The fraction of sp³-hybridized carbons (Fsp3) is 0.500. The van der Waals surface area contributed by atoms with E-state index in [4.69, 9.17) is 9.26 Å². The molecule has 0 aliphatic carbocycles. The van der Waals surface area contributed by atoms with Crippen LogP contribution < -0.4 is 10.1 Å².